The summed E-state index contributed by atoms with van der Waals surface area (Å²) in [5.41, 5.74) is 4.57. The van der Waals surface area contributed by atoms with Crippen LogP contribution in [0.1, 0.15) is 60.7 Å². The van der Waals surface area contributed by atoms with Gasteiger partial charge in [-0.05, 0) is 24.5 Å². The van der Waals surface area contributed by atoms with Crippen molar-refractivity contribution in [3.8, 4) is 0 Å². The number of aryl methyl sites for hydroxylation is 1. The van der Waals surface area contributed by atoms with Crippen molar-refractivity contribution < 1.29 is 4.79 Å². The van der Waals surface area contributed by atoms with Crippen LogP contribution in [-0.4, -0.2) is 5.78 Å². The number of Topliss-reactive ketones (excluding diaryl/α,β-unsaturated/α-hetero) is 1. The fourth-order valence-corrected chi connectivity index (χ4v) is 2.58. The number of hydrogen-bond acceptors (Lipinski definition) is 1. The number of hydrogen-bond donors (Lipinski definition) is 0. The van der Waals surface area contributed by atoms with Gasteiger partial charge in [-0.1, -0.05) is 74.9 Å². The summed E-state index contributed by atoms with van der Waals surface area (Å²) < 4.78 is 0. The third-order valence-corrected chi connectivity index (χ3v) is 4.18. The molecule has 110 valence electrons. The fourth-order valence-electron chi connectivity index (χ4n) is 2.58. The van der Waals surface area contributed by atoms with E-state index in [0.717, 1.165) is 12.0 Å². The van der Waals surface area contributed by atoms with Crippen molar-refractivity contribution in [3.05, 3.63) is 70.8 Å². The monoisotopic (exact) mass is 280 g/mol. The van der Waals surface area contributed by atoms with Gasteiger partial charge in [-0.25, -0.2) is 0 Å². The van der Waals surface area contributed by atoms with Gasteiger partial charge in [0.15, 0.2) is 5.78 Å². The van der Waals surface area contributed by atoms with Gasteiger partial charge in [0.05, 0.1) is 0 Å². The normalized spacial score (nSPS) is 11.4. The molecular formula is C20H24O. The van der Waals surface area contributed by atoms with Crippen LogP contribution in [0.3, 0.4) is 0 Å². The lowest BCUT2D eigenvalue weighted by atomic mass is 9.77. The van der Waals surface area contributed by atoms with Crippen molar-refractivity contribution in [2.45, 2.75) is 46.0 Å². The standard InChI is InChI=1S/C20H24O/c1-5-6-19(21)16-9-13-18(14-10-16)20(3,4)17-11-7-15(2)8-12-17/h7-14H,5-6H2,1-4H3. The number of carbonyl (C=O) groups is 1. The molecule has 0 heterocycles. The molecule has 1 heteroatoms. The number of carbonyl (C=O) groups excluding carboxylic acids is 1. The molecule has 2 rings (SSSR count). The lowest BCUT2D eigenvalue weighted by Gasteiger charge is -2.26. The van der Waals surface area contributed by atoms with Crippen LogP contribution in [0, 0.1) is 6.92 Å². The van der Waals surface area contributed by atoms with Crippen LogP contribution < -0.4 is 0 Å². The Balaban J connectivity index is 2.28. The maximum atomic E-state index is 11.9. The van der Waals surface area contributed by atoms with Gasteiger partial charge < -0.3 is 0 Å². The molecule has 2 aromatic carbocycles. The largest absolute Gasteiger partial charge is 0.294 e. The first kappa shape index (κ1) is 15.5. The molecule has 0 saturated carbocycles. The van der Waals surface area contributed by atoms with E-state index >= 15 is 0 Å². The third kappa shape index (κ3) is 3.41. The van der Waals surface area contributed by atoms with Crippen molar-refractivity contribution in [2.24, 2.45) is 0 Å². The molecule has 0 amide bonds. The highest BCUT2D eigenvalue weighted by Crippen LogP contribution is 2.31. The first-order valence-electron chi connectivity index (χ1n) is 7.66. The summed E-state index contributed by atoms with van der Waals surface area (Å²) in [6.07, 6.45) is 1.52. The van der Waals surface area contributed by atoms with Crippen molar-refractivity contribution in [1.29, 1.82) is 0 Å². The number of ketones is 1. The quantitative estimate of drug-likeness (QED) is 0.679. The van der Waals surface area contributed by atoms with Gasteiger partial charge in [-0.3, -0.25) is 4.79 Å². The fraction of sp³-hybridized carbons (Fsp3) is 0.350. The SMILES string of the molecule is CCCC(=O)c1ccc(C(C)(C)c2ccc(C)cc2)cc1. The van der Waals surface area contributed by atoms with Crippen molar-refractivity contribution >= 4 is 5.78 Å². The van der Waals surface area contributed by atoms with Gasteiger partial charge in [-0.15, -0.1) is 0 Å². The summed E-state index contributed by atoms with van der Waals surface area (Å²) in [7, 11) is 0. The van der Waals surface area contributed by atoms with E-state index in [1.165, 1.54) is 16.7 Å². The molecule has 0 radical (unpaired) electrons. The minimum atomic E-state index is -0.0555. The van der Waals surface area contributed by atoms with Crippen molar-refractivity contribution in [2.75, 3.05) is 0 Å². The van der Waals surface area contributed by atoms with Gasteiger partial charge >= 0.3 is 0 Å². The Morgan fingerprint density at radius 2 is 1.38 bits per heavy atom. The molecular weight excluding hydrogens is 256 g/mol. The summed E-state index contributed by atoms with van der Waals surface area (Å²) in [5.74, 6) is 0.234. The Hall–Kier alpha value is -1.89. The average molecular weight is 280 g/mol. The van der Waals surface area contributed by atoms with Crippen molar-refractivity contribution in [1.82, 2.24) is 0 Å². The van der Waals surface area contributed by atoms with Gasteiger partial charge in [0.2, 0.25) is 0 Å². The first-order chi connectivity index (χ1) is 9.95. The highest BCUT2D eigenvalue weighted by atomic mass is 16.1. The molecule has 0 aliphatic heterocycles. The molecule has 0 aliphatic carbocycles. The molecule has 21 heavy (non-hydrogen) atoms. The van der Waals surface area contributed by atoms with Crippen LogP contribution in [0.2, 0.25) is 0 Å². The number of benzene rings is 2. The molecule has 0 saturated heterocycles. The van der Waals surface area contributed by atoms with Crippen LogP contribution in [0.25, 0.3) is 0 Å². The third-order valence-electron chi connectivity index (χ3n) is 4.18. The molecule has 0 spiro atoms. The van der Waals surface area contributed by atoms with Gasteiger partial charge in [0.25, 0.3) is 0 Å². The topological polar surface area (TPSA) is 17.1 Å². The second-order valence-electron chi connectivity index (χ2n) is 6.24. The Morgan fingerprint density at radius 1 is 0.905 bits per heavy atom. The van der Waals surface area contributed by atoms with Crippen molar-refractivity contribution in [3.63, 3.8) is 0 Å². The van der Waals surface area contributed by atoms with Crippen LogP contribution >= 0.6 is 0 Å². The molecule has 1 nitrogen and oxygen atoms in total. The average Bonchev–Trinajstić information content (AvgIpc) is 2.48. The Labute approximate surface area is 128 Å². The smallest absolute Gasteiger partial charge is 0.162 e. The summed E-state index contributed by atoms with van der Waals surface area (Å²) in [6, 6.07) is 16.8. The van der Waals surface area contributed by atoms with Crippen LogP contribution in [0.4, 0.5) is 0 Å². The summed E-state index contributed by atoms with van der Waals surface area (Å²) in [5, 5.41) is 0. The van der Waals surface area contributed by atoms with Crippen LogP contribution in [-0.2, 0) is 5.41 Å². The molecule has 0 atom stereocenters. The predicted molar refractivity (Wildman–Crippen MR) is 89.0 cm³/mol. The lowest BCUT2D eigenvalue weighted by molar-refractivity contribution is 0.0981. The van der Waals surface area contributed by atoms with Crippen LogP contribution in [0.5, 0.6) is 0 Å². The molecule has 0 bridgehead atoms. The lowest BCUT2D eigenvalue weighted by Crippen LogP contribution is -2.19. The van der Waals surface area contributed by atoms with Gasteiger partial charge in [-0.2, -0.15) is 0 Å². The molecule has 0 N–H and O–H groups in total. The Kier molecular flexibility index (Phi) is 4.62. The maximum absolute atomic E-state index is 11.9. The molecule has 0 fully saturated rings. The summed E-state index contributed by atoms with van der Waals surface area (Å²) in [4.78, 5) is 11.9. The highest BCUT2D eigenvalue weighted by molar-refractivity contribution is 5.96. The molecule has 0 aliphatic rings. The van der Waals surface area contributed by atoms with E-state index in [2.05, 4.69) is 57.2 Å². The minimum absolute atomic E-state index is 0.0555. The van der Waals surface area contributed by atoms with Crippen LogP contribution in [0.15, 0.2) is 48.5 Å². The van der Waals surface area contributed by atoms with E-state index in [0.29, 0.717) is 6.42 Å². The maximum Gasteiger partial charge on any atom is 0.162 e. The second-order valence-corrected chi connectivity index (χ2v) is 6.24. The zero-order valence-electron chi connectivity index (χ0n) is 13.4. The first-order valence-corrected chi connectivity index (χ1v) is 7.66. The zero-order chi connectivity index (χ0) is 15.5. The highest BCUT2D eigenvalue weighted by Gasteiger charge is 2.23. The van der Waals surface area contributed by atoms with E-state index < -0.39 is 0 Å². The van der Waals surface area contributed by atoms with E-state index in [1.807, 2.05) is 19.1 Å². The van der Waals surface area contributed by atoms with E-state index in [4.69, 9.17) is 0 Å². The molecule has 0 aromatic heterocycles. The predicted octanol–water partition coefficient (Wildman–Crippen LogP) is 5.30. The Bertz CT molecular complexity index is 603. The van der Waals surface area contributed by atoms with E-state index in [9.17, 15) is 4.79 Å². The Morgan fingerprint density at radius 3 is 1.86 bits per heavy atom. The van der Waals surface area contributed by atoms with E-state index in [1.54, 1.807) is 0 Å². The summed E-state index contributed by atoms with van der Waals surface area (Å²) in [6.45, 7) is 8.58. The van der Waals surface area contributed by atoms with E-state index in [-0.39, 0.29) is 11.2 Å². The molecule has 2 aromatic rings. The van der Waals surface area contributed by atoms with Gasteiger partial charge in [0, 0.05) is 17.4 Å². The summed E-state index contributed by atoms with van der Waals surface area (Å²) >= 11 is 0. The minimum Gasteiger partial charge on any atom is -0.294 e. The zero-order valence-corrected chi connectivity index (χ0v) is 13.4. The number of rotatable bonds is 5. The molecule has 0 unspecified atom stereocenters. The second kappa shape index (κ2) is 6.26. The van der Waals surface area contributed by atoms with Gasteiger partial charge in [0.1, 0.15) is 0 Å².